The Morgan fingerprint density at radius 3 is 2.58 bits per heavy atom. The first-order valence-electron chi connectivity index (χ1n) is 5.54. The van der Waals surface area contributed by atoms with E-state index >= 15 is 0 Å². The van der Waals surface area contributed by atoms with Gasteiger partial charge in [-0.1, -0.05) is 0 Å². The first-order valence-corrected chi connectivity index (χ1v) is 5.54. The minimum atomic E-state index is -4.31. The molecule has 1 aromatic rings. The van der Waals surface area contributed by atoms with Crippen LogP contribution in [-0.4, -0.2) is 25.2 Å². The average molecular weight is 276 g/mol. The molecule has 1 amide bonds. The lowest BCUT2D eigenvalue weighted by Gasteiger charge is -2.16. The fourth-order valence-electron chi connectivity index (χ4n) is 1.58. The van der Waals surface area contributed by atoms with Gasteiger partial charge in [0.1, 0.15) is 5.75 Å². The topological polar surface area (TPSA) is 64.3 Å². The summed E-state index contributed by atoms with van der Waals surface area (Å²) >= 11 is 0. The fourth-order valence-corrected chi connectivity index (χ4v) is 1.58. The highest BCUT2D eigenvalue weighted by Crippen LogP contribution is 2.23. The molecule has 106 valence electrons. The standard InChI is InChI=1S/C12H15F3N2O2/c1-7(6-12(13,14)15)17-11(18)8-3-4-10(19-2)9(16)5-8/h3-5,7H,6,16H2,1-2H3,(H,17,18). The third-order valence-corrected chi connectivity index (χ3v) is 2.41. The summed E-state index contributed by atoms with van der Waals surface area (Å²) in [5.74, 6) is -0.203. The van der Waals surface area contributed by atoms with Crippen molar-refractivity contribution < 1.29 is 22.7 Å². The maximum absolute atomic E-state index is 12.1. The second-order valence-corrected chi connectivity index (χ2v) is 4.15. The Morgan fingerprint density at radius 1 is 1.47 bits per heavy atom. The number of halogens is 3. The molecule has 0 aliphatic rings. The van der Waals surface area contributed by atoms with Crippen molar-refractivity contribution in [3.63, 3.8) is 0 Å². The second-order valence-electron chi connectivity index (χ2n) is 4.15. The second kappa shape index (κ2) is 5.81. The van der Waals surface area contributed by atoms with Crippen LogP contribution < -0.4 is 15.8 Å². The van der Waals surface area contributed by atoms with E-state index in [-0.39, 0.29) is 11.3 Å². The number of carbonyl (C=O) groups excluding carboxylic acids is 1. The van der Waals surface area contributed by atoms with Crippen molar-refractivity contribution in [1.82, 2.24) is 5.32 Å². The van der Waals surface area contributed by atoms with Crippen LogP contribution >= 0.6 is 0 Å². The molecule has 1 unspecified atom stereocenters. The van der Waals surface area contributed by atoms with Crippen molar-refractivity contribution >= 4 is 11.6 Å². The molecule has 0 saturated heterocycles. The zero-order valence-electron chi connectivity index (χ0n) is 10.5. The van der Waals surface area contributed by atoms with Crippen LogP contribution in [0.2, 0.25) is 0 Å². The van der Waals surface area contributed by atoms with Crippen LogP contribution in [0.15, 0.2) is 18.2 Å². The molecule has 0 heterocycles. The molecular formula is C12H15F3N2O2. The van der Waals surface area contributed by atoms with Crippen LogP contribution in [-0.2, 0) is 0 Å². The smallest absolute Gasteiger partial charge is 0.391 e. The van der Waals surface area contributed by atoms with Crippen LogP contribution in [0.4, 0.5) is 18.9 Å². The number of hydrogen-bond donors (Lipinski definition) is 2. The summed E-state index contributed by atoms with van der Waals surface area (Å²) in [6, 6.07) is 3.27. The van der Waals surface area contributed by atoms with Gasteiger partial charge in [-0.15, -0.1) is 0 Å². The summed E-state index contributed by atoms with van der Waals surface area (Å²) in [5, 5.41) is 2.26. The lowest BCUT2D eigenvalue weighted by Crippen LogP contribution is -2.35. The highest BCUT2D eigenvalue weighted by Gasteiger charge is 2.30. The summed E-state index contributed by atoms with van der Waals surface area (Å²) in [6.07, 6.45) is -5.39. The van der Waals surface area contributed by atoms with Gasteiger partial charge in [0.15, 0.2) is 0 Å². The Kier molecular flexibility index (Phi) is 4.63. The Hall–Kier alpha value is -1.92. The molecule has 0 fully saturated rings. The van der Waals surface area contributed by atoms with E-state index < -0.39 is 24.5 Å². The first kappa shape index (κ1) is 15.1. The Bertz CT molecular complexity index is 461. The summed E-state index contributed by atoms with van der Waals surface area (Å²) in [7, 11) is 1.43. The number of carbonyl (C=O) groups is 1. The SMILES string of the molecule is COc1ccc(C(=O)NC(C)CC(F)(F)F)cc1N. The van der Waals surface area contributed by atoms with Gasteiger partial charge in [-0.25, -0.2) is 0 Å². The normalized spacial score (nSPS) is 12.9. The molecule has 1 atom stereocenters. The summed E-state index contributed by atoms with van der Waals surface area (Å²) in [6.45, 7) is 1.29. The number of methoxy groups -OCH3 is 1. The molecule has 0 aromatic heterocycles. The molecule has 4 nitrogen and oxygen atoms in total. The number of amides is 1. The summed E-state index contributed by atoms with van der Waals surface area (Å²) < 4.78 is 41.3. The Morgan fingerprint density at radius 2 is 2.11 bits per heavy atom. The van der Waals surface area contributed by atoms with Crippen LogP contribution in [0.25, 0.3) is 0 Å². The Balaban J connectivity index is 2.71. The van der Waals surface area contributed by atoms with E-state index in [4.69, 9.17) is 10.5 Å². The zero-order valence-corrected chi connectivity index (χ0v) is 10.5. The van der Waals surface area contributed by atoms with Crippen molar-refractivity contribution in [3.05, 3.63) is 23.8 Å². The maximum Gasteiger partial charge on any atom is 0.391 e. The quantitative estimate of drug-likeness (QED) is 0.830. The molecule has 0 radical (unpaired) electrons. The van der Waals surface area contributed by atoms with Crippen LogP contribution in [0.1, 0.15) is 23.7 Å². The number of benzene rings is 1. The monoisotopic (exact) mass is 276 g/mol. The van der Waals surface area contributed by atoms with Crippen molar-refractivity contribution in [2.75, 3.05) is 12.8 Å². The zero-order chi connectivity index (χ0) is 14.6. The first-order chi connectivity index (χ1) is 8.73. The predicted molar refractivity (Wildman–Crippen MR) is 65.0 cm³/mol. The summed E-state index contributed by atoms with van der Waals surface area (Å²) in [4.78, 5) is 11.7. The summed E-state index contributed by atoms with van der Waals surface area (Å²) in [5.41, 5.74) is 6.05. The molecular weight excluding hydrogens is 261 g/mol. The van der Waals surface area contributed by atoms with Gasteiger partial charge in [0, 0.05) is 11.6 Å². The van der Waals surface area contributed by atoms with E-state index in [0.717, 1.165) is 0 Å². The minimum absolute atomic E-state index is 0.187. The minimum Gasteiger partial charge on any atom is -0.495 e. The van der Waals surface area contributed by atoms with Gasteiger partial charge >= 0.3 is 6.18 Å². The van der Waals surface area contributed by atoms with Crippen molar-refractivity contribution in [2.45, 2.75) is 25.6 Å². The molecule has 0 aliphatic heterocycles. The highest BCUT2D eigenvalue weighted by molar-refractivity contribution is 5.95. The molecule has 7 heteroatoms. The van der Waals surface area contributed by atoms with Crippen LogP contribution in [0.3, 0.4) is 0 Å². The third-order valence-electron chi connectivity index (χ3n) is 2.41. The highest BCUT2D eigenvalue weighted by atomic mass is 19.4. The van der Waals surface area contributed by atoms with Crippen LogP contribution in [0, 0.1) is 0 Å². The number of hydrogen-bond acceptors (Lipinski definition) is 3. The number of anilines is 1. The predicted octanol–water partition coefficient (Wildman–Crippen LogP) is 2.35. The largest absolute Gasteiger partial charge is 0.495 e. The lowest BCUT2D eigenvalue weighted by atomic mass is 10.1. The van der Waals surface area contributed by atoms with Gasteiger partial charge in [0.25, 0.3) is 5.91 Å². The van der Waals surface area contributed by atoms with E-state index in [1.54, 1.807) is 0 Å². The number of nitrogens with one attached hydrogen (secondary N) is 1. The molecule has 19 heavy (non-hydrogen) atoms. The number of nitrogens with two attached hydrogens (primary N) is 1. The molecule has 1 aromatic carbocycles. The molecule has 0 saturated carbocycles. The van der Waals surface area contributed by atoms with E-state index in [2.05, 4.69) is 5.32 Å². The van der Waals surface area contributed by atoms with Gasteiger partial charge in [0.05, 0.1) is 19.2 Å². The lowest BCUT2D eigenvalue weighted by molar-refractivity contribution is -0.138. The fraction of sp³-hybridized carbons (Fsp3) is 0.417. The number of rotatable bonds is 4. The molecule has 1 rings (SSSR count). The van der Waals surface area contributed by atoms with E-state index in [0.29, 0.717) is 5.75 Å². The number of alkyl halides is 3. The van der Waals surface area contributed by atoms with Gasteiger partial charge in [0.2, 0.25) is 0 Å². The maximum atomic E-state index is 12.1. The van der Waals surface area contributed by atoms with E-state index in [1.807, 2.05) is 0 Å². The molecule has 0 aliphatic carbocycles. The number of nitrogen functional groups attached to an aromatic ring is 1. The van der Waals surface area contributed by atoms with Crippen LogP contribution in [0.5, 0.6) is 5.75 Å². The molecule has 0 spiro atoms. The number of ether oxygens (including phenoxy) is 1. The average Bonchev–Trinajstić information content (AvgIpc) is 2.26. The van der Waals surface area contributed by atoms with Crippen molar-refractivity contribution in [2.24, 2.45) is 0 Å². The van der Waals surface area contributed by atoms with Gasteiger partial charge < -0.3 is 15.8 Å². The van der Waals surface area contributed by atoms with Crippen molar-refractivity contribution in [1.29, 1.82) is 0 Å². The van der Waals surface area contributed by atoms with E-state index in [9.17, 15) is 18.0 Å². The van der Waals surface area contributed by atoms with Gasteiger partial charge in [-0.3, -0.25) is 4.79 Å². The molecule has 0 bridgehead atoms. The van der Waals surface area contributed by atoms with E-state index in [1.165, 1.54) is 32.2 Å². The van der Waals surface area contributed by atoms with Crippen molar-refractivity contribution in [3.8, 4) is 5.75 Å². The molecule has 3 N–H and O–H groups in total. The third kappa shape index (κ3) is 4.69. The van der Waals surface area contributed by atoms with Gasteiger partial charge in [-0.2, -0.15) is 13.2 Å². The van der Waals surface area contributed by atoms with Gasteiger partial charge in [-0.05, 0) is 25.1 Å². The Labute approximate surface area is 108 Å².